The van der Waals surface area contributed by atoms with Gasteiger partial charge in [0.2, 0.25) is 0 Å². The zero-order valence-electron chi connectivity index (χ0n) is 37.5. The number of likely N-dealkylation sites (N-methyl/N-ethyl adjacent to an activating group) is 1. The van der Waals surface area contributed by atoms with Gasteiger partial charge in [0, 0.05) is 29.8 Å². The number of halogens is 2. The van der Waals surface area contributed by atoms with Gasteiger partial charge in [0.25, 0.3) is 0 Å². The Morgan fingerprint density at radius 3 is 2.23 bits per heavy atom. The number of methoxy groups -OCH3 is 1. The minimum absolute atomic E-state index is 0.0655. The summed E-state index contributed by atoms with van der Waals surface area (Å²) in [6.45, 7) is 13.8. The van der Waals surface area contributed by atoms with Crippen molar-refractivity contribution in [2.45, 2.75) is 142 Å². The maximum atomic E-state index is 14.1. The summed E-state index contributed by atoms with van der Waals surface area (Å²) in [4.78, 5) is 29.8. The standard InChI is InChI=1S/C46H67ClFN3O10/c1-12-37-45(8,56)42(53)29(5)39(50-49-31(7)33-15-19-35(48)20-16-33)26(2)23-46(57-11,25-58-41-36(51(9)10)21-28(4)59-44(41)55)24-27(3)40(30(6)43(54)60-37)61-38(52)22-32-13-17-34(47)18-14-32/h13-20,26-30,36-37,40-42,44,53,55-56H,12,21-25H2,1-11H3. The molecule has 0 aliphatic carbocycles. The second-order valence-corrected chi connectivity index (χ2v) is 18.0. The lowest BCUT2D eigenvalue weighted by Crippen LogP contribution is -2.57. The normalized spacial score (nSPS) is 35.4. The van der Waals surface area contributed by atoms with Crippen LogP contribution in [0.5, 0.6) is 0 Å². The topological polar surface area (TPSA) is 169 Å². The number of rotatable bonds is 11. The van der Waals surface area contributed by atoms with Gasteiger partial charge in [-0.15, -0.1) is 0 Å². The summed E-state index contributed by atoms with van der Waals surface area (Å²) in [5.74, 6) is -4.63. The average Bonchev–Trinajstić information content (AvgIpc) is 3.20. The maximum absolute atomic E-state index is 14.1. The maximum Gasteiger partial charge on any atom is 0.312 e. The van der Waals surface area contributed by atoms with Gasteiger partial charge in [-0.25, -0.2) is 4.39 Å². The van der Waals surface area contributed by atoms with Gasteiger partial charge in [-0.1, -0.05) is 63.6 Å². The molecule has 15 heteroatoms. The van der Waals surface area contributed by atoms with Crippen molar-refractivity contribution in [3.8, 4) is 0 Å². The molecule has 2 aliphatic rings. The monoisotopic (exact) mass is 875 g/mol. The van der Waals surface area contributed by atoms with E-state index in [4.69, 9.17) is 40.4 Å². The number of nitrogens with zero attached hydrogens (tertiary/aromatic N) is 3. The number of aliphatic hydroxyl groups excluding tert-OH is 2. The number of aliphatic hydroxyl groups is 3. The van der Waals surface area contributed by atoms with E-state index in [1.165, 1.54) is 19.1 Å². The van der Waals surface area contributed by atoms with Gasteiger partial charge in [-0.3, -0.25) is 9.59 Å². The van der Waals surface area contributed by atoms with Crippen LogP contribution in [0.15, 0.2) is 58.7 Å². The first kappa shape index (κ1) is 50.3. The molecule has 2 saturated heterocycles. The van der Waals surface area contributed by atoms with E-state index in [0.717, 1.165) is 0 Å². The van der Waals surface area contributed by atoms with E-state index >= 15 is 0 Å². The molecule has 2 aromatic rings. The molecule has 0 saturated carbocycles. The van der Waals surface area contributed by atoms with Gasteiger partial charge in [0.1, 0.15) is 29.7 Å². The van der Waals surface area contributed by atoms with Crippen molar-refractivity contribution in [1.82, 2.24) is 4.90 Å². The molecule has 3 N–H and O–H groups in total. The fraction of sp³-hybridized carbons (Fsp3) is 0.652. The third kappa shape index (κ3) is 12.9. The smallest absolute Gasteiger partial charge is 0.312 e. The van der Waals surface area contributed by atoms with Gasteiger partial charge in [-0.05, 0) is 115 Å². The van der Waals surface area contributed by atoms with E-state index in [1.807, 2.05) is 39.8 Å². The minimum Gasteiger partial charge on any atom is -0.461 e. The fourth-order valence-corrected chi connectivity index (χ4v) is 8.95. The first-order chi connectivity index (χ1) is 28.6. The molecule has 2 aliphatic heterocycles. The molecular formula is C46H67ClFN3O10. The van der Waals surface area contributed by atoms with Gasteiger partial charge in [0.15, 0.2) is 6.29 Å². The molecule has 0 aromatic heterocycles. The number of hydrogen-bond acceptors (Lipinski definition) is 13. The summed E-state index contributed by atoms with van der Waals surface area (Å²) >= 11 is 6.09. The highest BCUT2D eigenvalue weighted by molar-refractivity contribution is 6.30. The van der Waals surface area contributed by atoms with Gasteiger partial charge in [-0.2, -0.15) is 10.2 Å². The third-order valence-corrected chi connectivity index (χ3v) is 12.7. The number of carbonyl (C=O) groups is 2. The zero-order valence-corrected chi connectivity index (χ0v) is 38.3. The average molecular weight is 877 g/mol. The summed E-state index contributed by atoms with van der Waals surface area (Å²) in [5.41, 5.74) is -0.985. The van der Waals surface area contributed by atoms with Crippen LogP contribution in [-0.2, 0) is 39.7 Å². The van der Waals surface area contributed by atoms with Crippen molar-refractivity contribution in [1.29, 1.82) is 0 Å². The van der Waals surface area contributed by atoms with Gasteiger partial charge in [0.05, 0.1) is 42.5 Å². The Kier molecular flexibility index (Phi) is 18.0. The molecule has 0 spiro atoms. The lowest BCUT2D eigenvalue weighted by Gasteiger charge is -2.45. The van der Waals surface area contributed by atoms with E-state index in [-0.39, 0.29) is 44.4 Å². The number of carbonyl (C=O) groups excluding carboxylic acids is 2. The molecule has 13 nitrogen and oxygen atoms in total. The molecule has 2 heterocycles. The van der Waals surface area contributed by atoms with Crippen LogP contribution in [0.3, 0.4) is 0 Å². The Morgan fingerprint density at radius 1 is 1.00 bits per heavy atom. The van der Waals surface area contributed by atoms with Crippen molar-refractivity contribution in [3.63, 3.8) is 0 Å². The van der Waals surface area contributed by atoms with Crippen molar-refractivity contribution < 1.29 is 53.0 Å². The number of hydrogen-bond donors (Lipinski definition) is 3. The SMILES string of the molecule is CCC1OC(=O)C(C)C(OC(=O)Cc2ccc(Cl)cc2)C(C)CC(COC2C(O)OC(C)CC2N(C)C)(OC)CC(C)C(=NN=C(C)c2ccc(F)cc2)C(C)C(O)C1(C)O. The predicted octanol–water partition coefficient (Wildman–Crippen LogP) is 6.40. The first-order valence-electron chi connectivity index (χ1n) is 21.2. The van der Waals surface area contributed by atoms with Crippen LogP contribution in [0.4, 0.5) is 4.39 Å². The van der Waals surface area contributed by atoms with E-state index < -0.39 is 83.3 Å². The molecule has 2 aromatic carbocycles. The highest BCUT2D eigenvalue weighted by atomic mass is 35.5. The minimum atomic E-state index is -1.98. The molecule has 13 unspecified atom stereocenters. The summed E-state index contributed by atoms with van der Waals surface area (Å²) in [7, 11) is 5.37. The van der Waals surface area contributed by atoms with E-state index in [2.05, 4.69) is 5.10 Å². The molecule has 2 fully saturated rings. The first-order valence-corrected chi connectivity index (χ1v) is 21.6. The highest BCUT2D eigenvalue weighted by Crippen LogP contribution is 2.38. The van der Waals surface area contributed by atoms with Crippen molar-refractivity contribution in [3.05, 3.63) is 70.5 Å². The Labute approximate surface area is 365 Å². The van der Waals surface area contributed by atoms with Crippen LogP contribution in [0.2, 0.25) is 5.02 Å². The second-order valence-electron chi connectivity index (χ2n) is 17.6. The Morgan fingerprint density at radius 2 is 1.64 bits per heavy atom. The lowest BCUT2D eigenvalue weighted by atomic mass is 9.74. The van der Waals surface area contributed by atoms with Crippen molar-refractivity contribution in [2.75, 3.05) is 27.8 Å². The van der Waals surface area contributed by atoms with Crippen LogP contribution in [0.25, 0.3) is 0 Å². The molecule has 4 rings (SSSR count). The summed E-state index contributed by atoms with van der Waals surface area (Å²) in [5, 5.41) is 45.1. The molecule has 340 valence electrons. The van der Waals surface area contributed by atoms with Gasteiger partial charge < -0.3 is 43.9 Å². The molecule has 0 radical (unpaired) electrons. The van der Waals surface area contributed by atoms with Crippen molar-refractivity contribution >= 4 is 35.0 Å². The number of ether oxygens (including phenoxy) is 5. The van der Waals surface area contributed by atoms with E-state index in [1.54, 1.807) is 71.2 Å². The number of esters is 2. The molecule has 61 heavy (non-hydrogen) atoms. The summed E-state index contributed by atoms with van der Waals surface area (Å²) in [6.07, 6.45) is -4.86. The van der Waals surface area contributed by atoms with Gasteiger partial charge >= 0.3 is 11.9 Å². The molecule has 0 amide bonds. The number of benzene rings is 2. The van der Waals surface area contributed by atoms with Crippen molar-refractivity contribution in [2.24, 2.45) is 33.9 Å². The summed E-state index contributed by atoms with van der Waals surface area (Å²) in [6, 6.07) is 12.4. The van der Waals surface area contributed by atoms with Crippen LogP contribution in [-0.4, -0.2) is 125 Å². The third-order valence-electron chi connectivity index (χ3n) is 12.5. The largest absolute Gasteiger partial charge is 0.461 e. The number of cyclic esters (lactones) is 1. The molecular weight excluding hydrogens is 809 g/mol. The van der Waals surface area contributed by atoms with E-state index in [0.29, 0.717) is 34.0 Å². The summed E-state index contributed by atoms with van der Waals surface area (Å²) < 4.78 is 44.9. The highest BCUT2D eigenvalue weighted by Gasteiger charge is 2.49. The second kappa shape index (κ2) is 21.8. The predicted molar refractivity (Wildman–Crippen MR) is 232 cm³/mol. The fourth-order valence-electron chi connectivity index (χ4n) is 8.82. The van der Waals surface area contributed by atoms with Crippen LogP contribution in [0.1, 0.15) is 92.2 Å². The Hall–Kier alpha value is -3.34. The lowest BCUT2D eigenvalue weighted by molar-refractivity contribution is -0.256. The van der Waals surface area contributed by atoms with Crippen LogP contribution < -0.4 is 0 Å². The van der Waals surface area contributed by atoms with Crippen LogP contribution >= 0.6 is 11.6 Å². The Bertz CT molecular complexity index is 1810. The molecule has 0 bridgehead atoms. The Balaban J connectivity index is 1.86. The molecule has 13 atom stereocenters. The van der Waals surface area contributed by atoms with E-state index in [9.17, 15) is 29.3 Å². The quantitative estimate of drug-likeness (QED) is 0.130. The van der Waals surface area contributed by atoms with Crippen LogP contribution in [0, 0.1) is 29.5 Å². The zero-order chi connectivity index (χ0) is 45.4.